The molecule has 0 radical (unpaired) electrons. The van der Waals surface area contributed by atoms with E-state index < -0.39 is 6.80 Å². The Morgan fingerprint density at radius 1 is 1.48 bits per heavy atom. The van der Waals surface area contributed by atoms with Gasteiger partial charge in [-0.25, -0.2) is 4.57 Å². The normalized spacial score (nSPS) is 18.7. The molecule has 2 rings (SSSR count). The maximum Gasteiger partial charge on any atom is 0.440 e. The van der Waals surface area contributed by atoms with Crippen LogP contribution < -0.4 is 9.26 Å². The topological polar surface area (TPSA) is 44.8 Å². The molecule has 21 heavy (non-hydrogen) atoms. The third-order valence-electron chi connectivity index (χ3n) is 3.04. The minimum absolute atomic E-state index is 0.348. The first-order valence-corrected chi connectivity index (χ1v) is 10.3. The second kappa shape index (κ2) is 6.41. The Balaban J connectivity index is 2.30. The van der Waals surface area contributed by atoms with E-state index in [1.54, 1.807) is 12.1 Å². The van der Waals surface area contributed by atoms with Gasteiger partial charge in [-0.1, -0.05) is 18.5 Å². The van der Waals surface area contributed by atoms with Gasteiger partial charge in [0.2, 0.25) is 0 Å². The Hall–Kier alpha value is -0.350. The van der Waals surface area contributed by atoms with Crippen molar-refractivity contribution in [2.24, 2.45) is 0 Å². The summed E-state index contributed by atoms with van der Waals surface area (Å²) < 4.78 is 29.2. The first kappa shape index (κ1) is 17.0. The average Bonchev–Trinajstić information content (AvgIpc) is 2.76. The monoisotopic (exact) mass is 350 g/mol. The summed E-state index contributed by atoms with van der Waals surface area (Å²) in [6, 6.07) is 3.42. The van der Waals surface area contributed by atoms with Crippen LogP contribution in [0.15, 0.2) is 12.1 Å². The quantitative estimate of drug-likeness (QED) is 0.649. The zero-order valence-corrected chi connectivity index (χ0v) is 15.1. The summed E-state index contributed by atoms with van der Waals surface area (Å²) in [4.78, 5) is 0. The van der Waals surface area contributed by atoms with Gasteiger partial charge in [-0.2, -0.15) is 0 Å². The highest BCUT2D eigenvalue weighted by atomic mass is 35.5. The van der Waals surface area contributed by atoms with Crippen molar-refractivity contribution in [3.63, 3.8) is 0 Å². The van der Waals surface area contributed by atoms with Crippen molar-refractivity contribution >= 4 is 29.8 Å². The van der Waals surface area contributed by atoms with Crippen molar-refractivity contribution in [3.8, 4) is 11.5 Å². The molecule has 0 fully saturated rings. The predicted molar refractivity (Wildman–Crippen MR) is 87.9 cm³/mol. The number of hydrogen-bond donors (Lipinski definition) is 0. The average molecular weight is 351 g/mol. The molecule has 0 spiro atoms. The molecule has 0 aliphatic carbocycles. The van der Waals surface area contributed by atoms with Gasteiger partial charge >= 0.3 is 6.80 Å². The van der Waals surface area contributed by atoms with Crippen molar-refractivity contribution in [1.82, 2.24) is 0 Å². The lowest BCUT2D eigenvalue weighted by molar-refractivity contribution is 0.135. The zero-order valence-electron chi connectivity index (χ0n) is 12.6. The van der Waals surface area contributed by atoms with E-state index in [0.717, 1.165) is 12.0 Å². The molecule has 0 N–H and O–H groups in total. The van der Waals surface area contributed by atoms with E-state index in [1.165, 1.54) is 18.5 Å². The first-order valence-electron chi connectivity index (χ1n) is 6.80. The Kier molecular flexibility index (Phi) is 5.19. The second-order valence-electron chi connectivity index (χ2n) is 5.45. The van der Waals surface area contributed by atoms with Crippen LogP contribution in [-0.4, -0.2) is 18.5 Å². The SMILES string of the molecule is CCCSP(=O)(OC)Oc1ccc(Cl)c2c1OC(C)(C)C2. The molecule has 1 aromatic carbocycles. The van der Waals surface area contributed by atoms with Gasteiger partial charge in [0.25, 0.3) is 0 Å². The molecule has 0 saturated heterocycles. The number of hydrogen-bond acceptors (Lipinski definition) is 5. The molecule has 118 valence electrons. The Morgan fingerprint density at radius 3 is 2.81 bits per heavy atom. The molecule has 0 saturated carbocycles. The van der Waals surface area contributed by atoms with Crippen LogP contribution >= 0.6 is 29.8 Å². The lowest BCUT2D eigenvalue weighted by Gasteiger charge is -2.20. The van der Waals surface area contributed by atoms with Gasteiger partial charge in [0.15, 0.2) is 11.5 Å². The summed E-state index contributed by atoms with van der Waals surface area (Å²) >= 11 is 7.41. The van der Waals surface area contributed by atoms with Gasteiger partial charge in [0, 0.05) is 29.9 Å². The maximum atomic E-state index is 12.6. The smallest absolute Gasteiger partial charge is 0.440 e. The van der Waals surface area contributed by atoms with Gasteiger partial charge in [-0.3, -0.25) is 4.52 Å². The highest BCUT2D eigenvalue weighted by Gasteiger charge is 2.36. The van der Waals surface area contributed by atoms with Crippen LogP contribution in [0.5, 0.6) is 11.5 Å². The van der Waals surface area contributed by atoms with E-state index in [1.807, 2.05) is 20.8 Å². The fraction of sp³-hybridized carbons (Fsp3) is 0.571. The van der Waals surface area contributed by atoms with Crippen molar-refractivity contribution in [2.75, 3.05) is 12.9 Å². The molecule has 0 aromatic heterocycles. The zero-order chi connectivity index (χ0) is 15.7. The Bertz CT molecular complexity index is 576. The summed E-state index contributed by atoms with van der Waals surface area (Å²) in [6.07, 6.45) is 1.58. The number of halogens is 1. The maximum absolute atomic E-state index is 12.6. The minimum atomic E-state index is -3.23. The molecule has 1 atom stereocenters. The van der Waals surface area contributed by atoms with Crippen molar-refractivity contribution < 1.29 is 18.3 Å². The van der Waals surface area contributed by atoms with Gasteiger partial charge in [0.1, 0.15) is 5.60 Å². The predicted octanol–water partition coefficient (Wildman–Crippen LogP) is 5.33. The van der Waals surface area contributed by atoms with E-state index >= 15 is 0 Å². The lowest BCUT2D eigenvalue weighted by Crippen LogP contribution is -2.24. The third-order valence-corrected chi connectivity index (χ3v) is 7.33. The van der Waals surface area contributed by atoms with Crippen LogP contribution in [0.1, 0.15) is 32.8 Å². The molecule has 1 aliphatic rings. The molecule has 0 amide bonds. The fourth-order valence-electron chi connectivity index (χ4n) is 2.11. The van der Waals surface area contributed by atoms with E-state index in [2.05, 4.69) is 0 Å². The third kappa shape index (κ3) is 3.89. The Morgan fingerprint density at radius 2 is 2.19 bits per heavy atom. The highest BCUT2D eigenvalue weighted by Crippen LogP contribution is 2.61. The van der Waals surface area contributed by atoms with Crippen LogP contribution in [0.2, 0.25) is 5.02 Å². The van der Waals surface area contributed by atoms with Crippen LogP contribution in [-0.2, 0) is 15.5 Å². The van der Waals surface area contributed by atoms with Gasteiger partial charge < -0.3 is 9.26 Å². The highest BCUT2D eigenvalue weighted by molar-refractivity contribution is 8.55. The van der Waals surface area contributed by atoms with Crippen LogP contribution in [0.25, 0.3) is 0 Å². The Labute approximate surface area is 134 Å². The van der Waals surface area contributed by atoms with Gasteiger partial charge in [-0.15, -0.1) is 0 Å². The largest absolute Gasteiger partial charge is 0.483 e. The number of ether oxygens (including phenoxy) is 1. The number of benzene rings is 1. The molecular formula is C14H20ClO4PS. The molecule has 1 aliphatic heterocycles. The van der Waals surface area contributed by atoms with Gasteiger partial charge in [0.05, 0.1) is 0 Å². The lowest BCUT2D eigenvalue weighted by atomic mass is 10.0. The summed E-state index contributed by atoms with van der Waals surface area (Å²) in [7, 11) is 1.39. The van der Waals surface area contributed by atoms with E-state index in [4.69, 9.17) is 25.4 Å². The molecule has 1 heterocycles. The number of rotatable bonds is 6. The van der Waals surface area contributed by atoms with Crippen molar-refractivity contribution in [1.29, 1.82) is 0 Å². The summed E-state index contributed by atoms with van der Waals surface area (Å²) in [6.45, 7) is 2.74. The first-order chi connectivity index (χ1) is 9.80. The second-order valence-corrected chi connectivity index (χ2v) is 10.1. The standard InChI is InChI=1S/C14H20ClO4PS/c1-5-8-21-20(16,17-4)19-12-7-6-11(15)10-9-14(2,3)18-13(10)12/h6-7H,5,8-9H2,1-4H3. The van der Waals surface area contributed by atoms with Crippen molar-refractivity contribution in [3.05, 3.63) is 22.7 Å². The molecule has 1 unspecified atom stereocenters. The molecule has 7 heteroatoms. The molecule has 1 aromatic rings. The number of fused-ring (bicyclic) bond motifs is 1. The van der Waals surface area contributed by atoms with Crippen molar-refractivity contribution in [2.45, 2.75) is 39.2 Å². The molecule has 0 bridgehead atoms. The van der Waals surface area contributed by atoms with Crippen LogP contribution in [0.4, 0.5) is 0 Å². The van der Waals surface area contributed by atoms with Crippen LogP contribution in [0, 0.1) is 0 Å². The molecule has 4 nitrogen and oxygen atoms in total. The summed E-state index contributed by atoms with van der Waals surface area (Å²) in [5, 5.41) is 0.636. The van der Waals surface area contributed by atoms with E-state index in [0.29, 0.717) is 28.7 Å². The summed E-state index contributed by atoms with van der Waals surface area (Å²) in [5.41, 5.74) is 0.543. The molecular weight excluding hydrogens is 331 g/mol. The fourth-order valence-corrected chi connectivity index (χ4v) is 5.28. The van der Waals surface area contributed by atoms with Crippen LogP contribution in [0.3, 0.4) is 0 Å². The van der Waals surface area contributed by atoms with E-state index in [-0.39, 0.29) is 5.60 Å². The summed E-state index contributed by atoms with van der Waals surface area (Å²) in [5.74, 6) is 1.70. The van der Waals surface area contributed by atoms with E-state index in [9.17, 15) is 4.57 Å². The van der Waals surface area contributed by atoms with Gasteiger partial charge in [-0.05, 0) is 43.8 Å². The minimum Gasteiger partial charge on any atom is -0.483 e.